The second-order valence-corrected chi connectivity index (χ2v) is 4.78. The Bertz CT molecular complexity index is 540. The number of hydrogen-bond donors (Lipinski definition) is 0. The Labute approximate surface area is 115 Å². The molecule has 0 amide bonds. The number of benzene rings is 1. The lowest BCUT2D eigenvalue weighted by Gasteiger charge is -2.23. The van der Waals surface area contributed by atoms with Crippen LogP contribution in [0, 0.1) is 12.7 Å². The molecule has 0 radical (unpaired) electrons. The highest BCUT2D eigenvalue weighted by Crippen LogP contribution is 2.31. The van der Waals surface area contributed by atoms with Crippen molar-refractivity contribution in [2.24, 2.45) is 0 Å². The van der Waals surface area contributed by atoms with Crippen LogP contribution in [0.4, 0.5) is 15.9 Å². The van der Waals surface area contributed by atoms with Crippen LogP contribution in [-0.2, 0) is 0 Å². The summed E-state index contributed by atoms with van der Waals surface area (Å²) in [6.07, 6.45) is 1.78. The van der Waals surface area contributed by atoms with Crippen molar-refractivity contribution < 1.29 is 4.39 Å². The maximum Gasteiger partial charge on any atom is 0.147 e. The molecule has 0 spiro atoms. The Morgan fingerprint density at radius 1 is 1.22 bits per heavy atom. The standard InChI is InChI=1S/C14H14BrFN2/c1-3-18(12-6-4-11(16)5-7-12)14-13(15)10(2)8-9-17-14/h4-9H,3H2,1-2H3. The smallest absolute Gasteiger partial charge is 0.147 e. The lowest BCUT2D eigenvalue weighted by atomic mass is 10.2. The first-order valence-corrected chi connectivity index (χ1v) is 6.57. The number of anilines is 2. The summed E-state index contributed by atoms with van der Waals surface area (Å²) in [6.45, 7) is 4.83. The fraction of sp³-hybridized carbons (Fsp3) is 0.214. The van der Waals surface area contributed by atoms with E-state index < -0.39 is 0 Å². The van der Waals surface area contributed by atoms with Crippen molar-refractivity contribution in [3.63, 3.8) is 0 Å². The van der Waals surface area contributed by atoms with Gasteiger partial charge in [0.25, 0.3) is 0 Å². The normalized spacial score (nSPS) is 10.4. The van der Waals surface area contributed by atoms with E-state index in [0.29, 0.717) is 0 Å². The summed E-state index contributed by atoms with van der Waals surface area (Å²) in [7, 11) is 0. The van der Waals surface area contributed by atoms with Crippen LogP contribution < -0.4 is 4.90 Å². The van der Waals surface area contributed by atoms with Gasteiger partial charge >= 0.3 is 0 Å². The fourth-order valence-electron chi connectivity index (χ4n) is 1.79. The predicted octanol–water partition coefficient (Wildman–Crippen LogP) is 4.45. The highest BCUT2D eigenvalue weighted by atomic mass is 79.9. The number of rotatable bonds is 3. The number of halogens is 2. The molecule has 0 aliphatic carbocycles. The summed E-state index contributed by atoms with van der Waals surface area (Å²) in [5.41, 5.74) is 2.05. The van der Waals surface area contributed by atoms with Crippen LogP contribution in [0.15, 0.2) is 41.0 Å². The van der Waals surface area contributed by atoms with E-state index in [4.69, 9.17) is 0 Å². The zero-order chi connectivity index (χ0) is 13.1. The summed E-state index contributed by atoms with van der Waals surface area (Å²) < 4.78 is 13.9. The first-order valence-electron chi connectivity index (χ1n) is 5.77. The fourth-order valence-corrected chi connectivity index (χ4v) is 2.24. The molecule has 94 valence electrons. The molecule has 0 saturated heterocycles. The first-order chi connectivity index (χ1) is 8.63. The van der Waals surface area contributed by atoms with Crippen molar-refractivity contribution in [3.05, 3.63) is 52.4 Å². The Hall–Kier alpha value is -1.42. The molecule has 4 heteroatoms. The molecule has 1 heterocycles. The average Bonchev–Trinajstić information content (AvgIpc) is 2.37. The van der Waals surface area contributed by atoms with Crippen molar-refractivity contribution in [2.45, 2.75) is 13.8 Å². The molecule has 1 aromatic heterocycles. The van der Waals surface area contributed by atoms with E-state index in [-0.39, 0.29) is 5.82 Å². The third kappa shape index (κ3) is 2.53. The van der Waals surface area contributed by atoms with Gasteiger partial charge in [-0.1, -0.05) is 0 Å². The topological polar surface area (TPSA) is 16.1 Å². The highest BCUT2D eigenvalue weighted by Gasteiger charge is 2.13. The zero-order valence-corrected chi connectivity index (χ0v) is 11.9. The van der Waals surface area contributed by atoms with Crippen LogP contribution in [-0.4, -0.2) is 11.5 Å². The van der Waals surface area contributed by atoms with Gasteiger partial charge in [-0.2, -0.15) is 0 Å². The third-order valence-electron chi connectivity index (χ3n) is 2.77. The summed E-state index contributed by atoms with van der Waals surface area (Å²) in [5, 5.41) is 0. The van der Waals surface area contributed by atoms with E-state index >= 15 is 0 Å². The van der Waals surface area contributed by atoms with Crippen molar-refractivity contribution >= 4 is 27.4 Å². The largest absolute Gasteiger partial charge is 0.326 e. The molecule has 0 aliphatic heterocycles. The van der Waals surface area contributed by atoms with E-state index in [0.717, 1.165) is 28.1 Å². The van der Waals surface area contributed by atoms with E-state index in [1.54, 1.807) is 18.3 Å². The van der Waals surface area contributed by atoms with Gasteiger partial charge in [0.1, 0.15) is 11.6 Å². The minimum atomic E-state index is -0.230. The van der Waals surface area contributed by atoms with E-state index in [9.17, 15) is 4.39 Å². The van der Waals surface area contributed by atoms with Crippen molar-refractivity contribution in [1.29, 1.82) is 0 Å². The van der Waals surface area contributed by atoms with Crippen LogP contribution in [0.1, 0.15) is 12.5 Å². The second-order valence-electron chi connectivity index (χ2n) is 3.99. The zero-order valence-electron chi connectivity index (χ0n) is 10.3. The molecule has 0 fully saturated rings. The van der Waals surface area contributed by atoms with Gasteiger partial charge in [-0.3, -0.25) is 0 Å². The average molecular weight is 309 g/mol. The molecule has 2 aromatic rings. The maximum atomic E-state index is 13.0. The third-order valence-corrected chi connectivity index (χ3v) is 3.75. The lowest BCUT2D eigenvalue weighted by molar-refractivity contribution is 0.628. The number of aromatic nitrogens is 1. The number of nitrogens with zero attached hydrogens (tertiary/aromatic N) is 2. The Morgan fingerprint density at radius 3 is 2.50 bits per heavy atom. The molecule has 1 aromatic carbocycles. The molecule has 18 heavy (non-hydrogen) atoms. The van der Waals surface area contributed by atoms with Crippen molar-refractivity contribution in [1.82, 2.24) is 4.98 Å². The SMILES string of the molecule is CCN(c1ccc(F)cc1)c1nccc(C)c1Br. The van der Waals surface area contributed by atoms with Gasteiger partial charge in [-0.15, -0.1) is 0 Å². The van der Waals surface area contributed by atoms with Gasteiger partial charge in [0.05, 0.1) is 4.47 Å². The van der Waals surface area contributed by atoms with E-state index in [2.05, 4.69) is 20.9 Å². The van der Waals surface area contributed by atoms with Crippen molar-refractivity contribution in [3.8, 4) is 0 Å². The number of hydrogen-bond acceptors (Lipinski definition) is 2. The first kappa shape index (κ1) is 13.0. The molecule has 0 saturated carbocycles. The minimum Gasteiger partial charge on any atom is -0.326 e. The second kappa shape index (κ2) is 5.48. The molecular weight excluding hydrogens is 295 g/mol. The van der Waals surface area contributed by atoms with Crippen LogP contribution in [0.2, 0.25) is 0 Å². The van der Waals surface area contributed by atoms with Crippen LogP contribution in [0.25, 0.3) is 0 Å². The molecule has 0 atom stereocenters. The summed E-state index contributed by atoms with van der Waals surface area (Å²) in [4.78, 5) is 6.43. The lowest BCUT2D eigenvalue weighted by Crippen LogP contribution is -2.18. The van der Waals surface area contributed by atoms with Crippen LogP contribution >= 0.6 is 15.9 Å². The van der Waals surface area contributed by atoms with Gasteiger partial charge in [-0.25, -0.2) is 9.37 Å². The quantitative estimate of drug-likeness (QED) is 0.833. The molecule has 0 aliphatic rings. The summed E-state index contributed by atoms with van der Waals surface area (Å²) >= 11 is 3.56. The van der Waals surface area contributed by atoms with E-state index in [1.807, 2.05) is 24.8 Å². The molecule has 0 N–H and O–H groups in total. The van der Waals surface area contributed by atoms with Gasteiger partial charge < -0.3 is 4.90 Å². The van der Waals surface area contributed by atoms with Gasteiger partial charge in [-0.05, 0) is 65.7 Å². The predicted molar refractivity (Wildman–Crippen MR) is 75.8 cm³/mol. The van der Waals surface area contributed by atoms with Crippen molar-refractivity contribution in [2.75, 3.05) is 11.4 Å². The Morgan fingerprint density at radius 2 is 1.89 bits per heavy atom. The number of pyridine rings is 1. The minimum absolute atomic E-state index is 0.230. The highest BCUT2D eigenvalue weighted by molar-refractivity contribution is 9.10. The Kier molecular flexibility index (Phi) is 3.97. The van der Waals surface area contributed by atoms with Gasteiger partial charge in [0, 0.05) is 18.4 Å². The van der Waals surface area contributed by atoms with Gasteiger partial charge in [0.15, 0.2) is 0 Å². The summed E-state index contributed by atoms with van der Waals surface area (Å²) in [6, 6.07) is 8.39. The Balaban J connectivity index is 2.45. The van der Waals surface area contributed by atoms with Gasteiger partial charge in [0.2, 0.25) is 0 Å². The number of aryl methyl sites for hydroxylation is 1. The monoisotopic (exact) mass is 308 g/mol. The molecule has 2 nitrogen and oxygen atoms in total. The van der Waals surface area contributed by atoms with Crippen LogP contribution in [0.3, 0.4) is 0 Å². The molecule has 2 rings (SSSR count). The molecular formula is C14H14BrFN2. The maximum absolute atomic E-state index is 13.0. The van der Waals surface area contributed by atoms with E-state index in [1.165, 1.54) is 12.1 Å². The summed E-state index contributed by atoms with van der Waals surface area (Å²) in [5.74, 6) is 0.621. The molecule has 0 bridgehead atoms. The van der Waals surface area contributed by atoms with Crippen LogP contribution in [0.5, 0.6) is 0 Å². The molecule has 0 unspecified atom stereocenters.